The smallest absolute Gasteiger partial charge is 0.338 e. The van der Waals surface area contributed by atoms with Crippen molar-refractivity contribution < 1.29 is 27.4 Å². The first kappa shape index (κ1) is 19.6. The number of esters is 1. The van der Waals surface area contributed by atoms with Gasteiger partial charge in [-0.3, -0.25) is 4.72 Å². The minimum absolute atomic E-state index is 0.00255. The summed E-state index contributed by atoms with van der Waals surface area (Å²) in [5, 5.41) is 0. The summed E-state index contributed by atoms with van der Waals surface area (Å²) in [4.78, 5) is 11.6. The summed E-state index contributed by atoms with van der Waals surface area (Å²) in [5.74, 6) is 0.589. The topological polar surface area (TPSA) is 90.9 Å². The van der Waals surface area contributed by atoms with Crippen molar-refractivity contribution in [3.05, 3.63) is 54.1 Å². The Morgan fingerprint density at radius 1 is 1.00 bits per heavy atom. The van der Waals surface area contributed by atoms with Gasteiger partial charge in [-0.2, -0.15) is 0 Å². The number of rotatable bonds is 9. The molecule has 0 aliphatic heterocycles. The second-order valence-electron chi connectivity index (χ2n) is 5.24. The minimum Gasteiger partial charge on any atom is -0.497 e. The third-order valence-corrected chi connectivity index (χ3v) is 4.60. The summed E-state index contributed by atoms with van der Waals surface area (Å²) in [6, 6.07) is 12.9. The van der Waals surface area contributed by atoms with E-state index in [-0.39, 0.29) is 19.0 Å². The molecule has 0 heterocycles. The van der Waals surface area contributed by atoms with Crippen LogP contribution in [0.1, 0.15) is 17.3 Å². The summed E-state index contributed by atoms with van der Waals surface area (Å²) in [6.45, 7) is 2.00. The van der Waals surface area contributed by atoms with E-state index in [1.807, 2.05) is 0 Å². The van der Waals surface area contributed by atoms with Crippen molar-refractivity contribution in [2.45, 2.75) is 6.92 Å². The number of hydrogen-bond donors (Lipinski definition) is 1. The highest BCUT2D eigenvalue weighted by Gasteiger charge is 2.12. The summed E-state index contributed by atoms with van der Waals surface area (Å²) in [6.07, 6.45) is 0. The molecule has 2 aromatic rings. The van der Waals surface area contributed by atoms with Gasteiger partial charge in [0.15, 0.2) is 0 Å². The molecule has 7 nitrogen and oxygen atoms in total. The maximum Gasteiger partial charge on any atom is 0.338 e. The quantitative estimate of drug-likeness (QED) is 0.674. The highest BCUT2D eigenvalue weighted by molar-refractivity contribution is 7.92. The molecule has 8 heteroatoms. The zero-order valence-corrected chi connectivity index (χ0v) is 15.4. The van der Waals surface area contributed by atoms with Gasteiger partial charge in [0.2, 0.25) is 10.0 Å². The highest BCUT2D eigenvalue weighted by Crippen LogP contribution is 2.17. The van der Waals surface area contributed by atoms with Gasteiger partial charge in [0.1, 0.15) is 23.9 Å². The Morgan fingerprint density at radius 3 is 2.19 bits per heavy atom. The van der Waals surface area contributed by atoms with Crippen LogP contribution < -0.4 is 14.2 Å². The molecule has 0 atom stereocenters. The molecule has 0 aliphatic carbocycles. The second kappa shape index (κ2) is 9.10. The third-order valence-electron chi connectivity index (χ3n) is 3.35. The molecule has 140 valence electrons. The minimum atomic E-state index is -3.58. The molecule has 0 saturated carbocycles. The number of methoxy groups -OCH3 is 1. The molecule has 2 aromatic carbocycles. The Labute approximate surface area is 152 Å². The summed E-state index contributed by atoms with van der Waals surface area (Å²) in [7, 11) is -2.01. The van der Waals surface area contributed by atoms with Crippen LogP contribution in [0.3, 0.4) is 0 Å². The molecular formula is C18H21NO6S. The number of ether oxygens (including phenoxy) is 3. The summed E-state index contributed by atoms with van der Waals surface area (Å²) >= 11 is 0. The van der Waals surface area contributed by atoms with Crippen LogP contribution in [0.25, 0.3) is 0 Å². The lowest BCUT2D eigenvalue weighted by Crippen LogP contribution is -2.21. The maximum atomic E-state index is 12.1. The second-order valence-corrected chi connectivity index (χ2v) is 7.08. The molecule has 0 aromatic heterocycles. The molecule has 0 amide bonds. The fourth-order valence-corrected chi connectivity index (χ4v) is 2.96. The van der Waals surface area contributed by atoms with E-state index in [1.54, 1.807) is 38.3 Å². The molecule has 0 fully saturated rings. The standard InChI is InChI=1S/C18H21NO6S/c1-3-24-18(20)14-4-6-15(7-5-14)19-26(21,22)13-12-25-17-10-8-16(23-2)9-11-17/h4-11,19H,3,12-13H2,1-2H3. The zero-order valence-electron chi connectivity index (χ0n) is 14.6. The number of benzene rings is 2. The van der Waals surface area contributed by atoms with Crippen molar-refractivity contribution in [1.29, 1.82) is 0 Å². The third kappa shape index (κ3) is 5.96. The number of hydrogen-bond acceptors (Lipinski definition) is 6. The van der Waals surface area contributed by atoms with E-state index in [4.69, 9.17) is 14.2 Å². The first-order valence-electron chi connectivity index (χ1n) is 7.98. The molecule has 0 saturated heterocycles. The van der Waals surface area contributed by atoms with Gasteiger partial charge in [-0.15, -0.1) is 0 Å². The van der Waals surface area contributed by atoms with E-state index >= 15 is 0 Å². The van der Waals surface area contributed by atoms with Crippen LogP contribution in [0, 0.1) is 0 Å². The first-order chi connectivity index (χ1) is 12.4. The van der Waals surface area contributed by atoms with Crippen LogP contribution >= 0.6 is 0 Å². The van der Waals surface area contributed by atoms with Gasteiger partial charge in [-0.05, 0) is 55.5 Å². The molecule has 0 aliphatic rings. The number of anilines is 1. The maximum absolute atomic E-state index is 12.1. The van der Waals surface area contributed by atoms with Gasteiger partial charge in [0.25, 0.3) is 0 Å². The van der Waals surface area contributed by atoms with E-state index < -0.39 is 16.0 Å². The van der Waals surface area contributed by atoms with Crippen molar-refractivity contribution >= 4 is 21.7 Å². The number of carbonyl (C=O) groups excluding carboxylic acids is 1. The first-order valence-corrected chi connectivity index (χ1v) is 9.63. The van der Waals surface area contributed by atoms with Gasteiger partial charge in [-0.1, -0.05) is 0 Å². The number of nitrogens with one attached hydrogen (secondary N) is 1. The highest BCUT2D eigenvalue weighted by atomic mass is 32.2. The summed E-state index contributed by atoms with van der Waals surface area (Å²) in [5.41, 5.74) is 0.722. The predicted octanol–water partition coefficient (Wildman–Crippen LogP) is 2.69. The van der Waals surface area contributed by atoms with Crippen LogP contribution in [0.4, 0.5) is 5.69 Å². The average molecular weight is 379 g/mol. The molecule has 0 radical (unpaired) electrons. The molecule has 0 spiro atoms. The lowest BCUT2D eigenvalue weighted by Gasteiger charge is -2.10. The van der Waals surface area contributed by atoms with Gasteiger partial charge >= 0.3 is 5.97 Å². The lowest BCUT2D eigenvalue weighted by molar-refractivity contribution is 0.0526. The molecule has 2 rings (SSSR count). The van der Waals surface area contributed by atoms with Crippen molar-refractivity contribution in [2.24, 2.45) is 0 Å². The van der Waals surface area contributed by atoms with Crippen LogP contribution in [0.5, 0.6) is 11.5 Å². The SMILES string of the molecule is CCOC(=O)c1ccc(NS(=O)(=O)CCOc2ccc(OC)cc2)cc1. The van der Waals surface area contributed by atoms with E-state index in [2.05, 4.69) is 4.72 Å². The van der Waals surface area contributed by atoms with Gasteiger partial charge < -0.3 is 14.2 Å². The van der Waals surface area contributed by atoms with E-state index in [1.165, 1.54) is 24.3 Å². The Morgan fingerprint density at radius 2 is 1.62 bits per heavy atom. The molecule has 0 unspecified atom stereocenters. The van der Waals surface area contributed by atoms with Gasteiger partial charge in [-0.25, -0.2) is 13.2 Å². The summed E-state index contributed by atoms with van der Waals surface area (Å²) < 4.78 is 42.0. The Bertz CT molecular complexity index is 816. The van der Waals surface area contributed by atoms with Crippen molar-refractivity contribution in [3.63, 3.8) is 0 Å². The van der Waals surface area contributed by atoms with Crippen LogP contribution in [0.15, 0.2) is 48.5 Å². The number of carbonyl (C=O) groups is 1. The molecule has 0 bridgehead atoms. The normalized spacial score (nSPS) is 10.8. The fourth-order valence-electron chi connectivity index (χ4n) is 2.06. The van der Waals surface area contributed by atoms with Crippen LogP contribution in [-0.4, -0.2) is 40.5 Å². The lowest BCUT2D eigenvalue weighted by atomic mass is 10.2. The van der Waals surface area contributed by atoms with E-state index in [9.17, 15) is 13.2 Å². The van der Waals surface area contributed by atoms with E-state index in [0.717, 1.165) is 0 Å². The number of sulfonamides is 1. The Hall–Kier alpha value is -2.74. The Kier molecular flexibility index (Phi) is 6.85. The van der Waals surface area contributed by atoms with Crippen molar-refractivity contribution in [1.82, 2.24) is 0 Å². The molecule has 1 N–H and O–H groups in total. The van der Waals surface area contributed by atoms with Gasteiger partial charge in [0, 0.05) is 5.69 Å². The largest absolute Gasteiger partial charge is 0.497 e. The van der Waals surface area contributed by atoms with Crippen molar-refractivity contribution in [2.75, 3.05) is 30.8 Å². The Balaban J connectivity index is 1.86. The predicted molar refractivity (Wildman–Crippen MR) is 98.3 cm³/mol. The van der Waals surface area contributed by atoms with Crippen molar-refractivity contribution in [3.8, 4) is 11.5 Å². The molecular weight excluding hydrogens is 358 g/mol. The zero-order chi connectivity index (χ0) is 19.0. The van der Waals surface area contributed by atoms with Crippen LogP contribution in [-0.2, 0) is 14.8 Å². The fraction of sp³-hybridized carbons (Fsp3) is 0.278. The van der Waals surface area contributed by atoms with Crippen LogP contribution in [0.2, 0.25) is 0 Å². The van der Waals surface area contributed by atoms with Gasteiger partial charge in [0.05, 0.1) is 19.3 Å². The average Bonchev–Trinajstić information content (AvgIpc) is 2.62. The molecule has 26 heavy (non-hydrogen) atoms. The monoisotopic (exact) mass is 379 g/mol. The van der Waals surface area contributed by atoms with E-state index in [0.29, 0.717) is 22.7 Å².